The molecule has 0 spiro atoms. The van der Waals surface area contributed by atoms with E-state index >= 15 is 0 Å². The second-order valence-corrected chi connectivity index (χ2v) is 7.97. The summed E-state index contributed by atoms with van der Waals surface area (Å²) < 4.78 is 0. The van der Waals surface area contributed by atoms with E-state index in [-0.39, 0.29) is 23.9 Å². The molecule has 0 radical (unpaired) electrons. The Hall–Kier alpha value is -2.89. The van der Waals surface area contributed by atoms with Gasteiger partial charge in [0.1, 0.15) is 5.82 Å². The van der Waals surface area contributed by atoms with Gasteiger partial charge in [0.15, 0.2) is 0 Å². The molecule has 1 fully saturated rings. The Kier molecular flexibility index (Phi) is 6.52. The van der Waals surface area contributed by atoms with Crippen molar-refractivity contribution < 1.29 is 9.59 Å². The maximum absolute atomic E-state index is 13.4. The van der Waals surface area contributed by atoms with E-state index in [0.29, 0.717) is 18.9 Å². The van der Waals surface area contributed by atoms with Crippen LogP contribution in [-0.2, 0) is 4.79 Å². The number of urea groups is 1. The first-order valence-electron chi connectivity index (χ1n) is 10.2. The third-order valence-corrected chi connectivity index (χ3v) is 5.46. The number of benzene rings is 1. The monoisotopic (exact) mass is 394 g/mol. The highest BCUT2D eigenvalue weighted by molar-refractivity contribution is 6.02. The zero-order valence-electron chi connectivity index (χ0n) is 17.7. The maximum Gasteiger partial charge on any atom is 0.327 e. The first-order valence-corrected chi connectivity index (χ1v) is 10.2. The molecular weight excluding hydrogens is 364 g/mol. The summed E-state index contributed by atoms with van der Waals surface area (Å²) in [4.78, 5) is 33.1. The fourth-order valence-electron chi connectivity index (χ4n) is 3.82. The molecule has 1 aliphatic heterocycles. The molecule has 0 aliphatic carbocycles. The number of amides is 3. The Bertz CT molecular complexity index is 855. The number of anilines is 2. The highest BCUT2D eigenvalue weighted by atomic mass is 16.2. The number of hydrogen-bond acceptors (Lipinski definition) is 3. The number of piperidine rings is 1. The molecule has 0 atom stereocenters. The summed E-state index contributed by atoms with van der Waals surface area (Å²) in [6.07, 6.45) is 3.24. The molecule has 29 heavy (non-hydrogen) atoms. The van der Waals surface area contributed by atoms with Crippen LogP contribution in [0.5, 0.6) is 0 Å². The van der Waals surface area contributed by atoms with Gasteiger partial charge in [-0.05, 0) is 48.9 Å². The van der Waals surface area contributed by atoms with E-state index in [1.54, 1.807) is 13.1 Å². The highest BCUT2D eigenvalue weighted by Gasteiger charge is 2.31. The van der Waals surface area contributed by atoms with E-state index in [4.69, 9.17) is 0 Å². The third kappa shape index (κ3) is 4.94. The van der Waals surface area contributed by atoms with Gasteiger partial charge in [-0.2, -0.15) is 0 Å². The summed E-state index contributed by atoms with van der Waals surface area (Å²) in [6, 6.07) is 11.7. The van der Waals surface area contributed by atoms with Crippen LogP contribution in [0.4, 0.5) is 16.3 Å². The summed E-state index contributed by atoms with van der Waals surface area (Å²) in [6.45, 7) is 9.16. The molecule has 1 N–H and O–H groups in total. The van der Waals surface area contributed by atoms with E-state index in [0.717, 1.165) is 29.7 Å². The number of nitrogens with one attached hydrogen (secondary N) is 1. The molecular formula is C23H30N4O2. The lowest BCUT2D eigenvalue weighted by atomic mass is 9.97. The number of aromatic nitrogens is 1. The quantitative estimate of drug-likeness (QED) is 0.826. The Morgan fingerprint density at radius 2 is 1.83 bits per heavy atom. The molecule has 3 amide bonds. The largest absolute Gasteiger partial charge is 0.343 e. The van der Waals surface area contributed by atoms with Crippen LogP contribution in [0.3, 0.4) is 0 Å². The number of likely N-dealkylation sites (tertiary alicyclic amines) is 1. The number of hydrogen-bond donors (Lipinski definition) is 1. The van der Waals surface area contributed by atoms with Gasteiger partial charge in [0.05, 0.1) is 0 Å². The molecule has 3 rings (SSSR count). The third-order valence-electron chi connectivity index (χ3n) is 5.46. The van der Waals surface area contributed by atoms with Gasteiger partial charge in [-0.25, -0.2) is 9.78 Å². The van der Waals surface area contributed by atoms with Crippen LogP contribution in [0.2, 0.25) is 0 Å². The zero-order valence-corrected chi connectivity index (χ0v) is 17.7. The molecule has 1 aromatic heterocycles. The summed E-state index contributed by atoms with van der Waals surface area (Å²) in [5, 5.41) is 2.96. The summed E-state index contributed by atoms with van der Waals surface area (Å²) >= 11 is 0. The van der Waals surface area contributed by atoms with E-state index < -0.39 is 0 Å². The number of carbonyl (C=O) groups is 2. The average molecular weight is 395 g/mol. The van der Waals surface area contributed by atoms with E-state index in [2.05, 4.69) is 30.2 Å². The van der Waals surface area contributed by atoms with Gasteiger partial charge < -0.3 is 4.90 Å². The average Bonchev–Trinajstić information content (AvgIpc) is 2.70. The van der Waals surface area contributed by atoms with Crippen LogP contribution in [0, 0.1) is 6.92 Å². The first kappa shape index (κ1) is 20.8. The lowest BCUT2D eigenvalue weighted by molar-refractivity contribution is -0.129. The number of aryl methyl sites for hydroxylation is 1. The Balaban J connectivity index is 1.90. The van der Waals surface area contributed by atoms with Crippen molar-refractivity contribution >= 4 is 23.4 Å². The summed E-state index contributed by atoms with van der Waals surface area (Å²) in [7, 11) is 0. The lowest BCUT2D eigenvalue weighted by Gasteiger charge is -2.39. The minimum Gasteiger partial charge on any atom is -0.343 e. The van der Waals surface area contributed by atoms with Crippen LogP contribution in [0.1, 0.15) is 50.7 Å². The van der Waals surface area contributed by atoms with Crippen LogP contribution in [-0.4, -0.2) is 41.0 Å². The van der Waals surface area contributed by atoms with Crippen molar-refractivity contribution in [1.82, 2.24) is 9.88 Å². The number of para-hydroxylation sites is 1. The molecule has 0 bridgehead atoms. The maximum atomic E-state index is 13.4. The molecule has 0 unspecified atom stereocenters. The minimum atomic E-state index is -0.185. The van der Waals surface area contributed by atoms with Crippen molar-refractivity contribution in [2.24, 2.45) is 0 Å². The predicted molar refractivity (Wildman–Crippen MR) is 116 cm³/mol. The summed E-state index contributed by atoms with van der Waals surface area (Å²) in [5.74, 6) is 0.913. The topological polar surface area (TPSA) is 65.5 Å². The normalized spacial score (nSPS) is 14.7. The van der Waals surface area contributed by atoms with Crippen molar-refractivity contribution in [3.05, 3.63) is 53.7 Å². The van der Waals surface area contributed by atoms with Crippen LogP contribution in [0.25, 0.3) is 0 Å². The van der Waals surface area contributed by atoms with Crippen molar-refractivity contribution in [2.45, 2.75) is 52.5 Å². The van der Waals surface area contributed by atoms with Gasteiger partial charge in [0.25, 0.3) is 0 Å². The van der Waals surface area contributed by atoms with Gasteiger partial charge in [-0.1, -0.05) is 38.1 Å². The Morgan fingerprint density at radius 3 is 2.41 bits per heavy atom. The van der Waals surface area contributed by atoms with Crippen LogP contribution in [0.15, 0.2) is 42.6 Å². The van der Waals surface area contributed by atoms with Gasteiger partial charge in [0, 0.05) is 37.9 Å². The number of pyridine rings is 1. The molecule has 1 aromatic carbocycles. The lowest BCUT2D eigenvalue weighted by Crippen LogP contribution is -2.50. The molecule has 6 nitrogen and oxygen atoms in total. The van der Waals surface area contributed by atoms with Crippen molar-refractivity contribution in [2.75, 3.05) is 23.3 Å². The van der Waals surface area contributed by atoms with Crippen molar-refractivity contribution in [3.63, 3.8) is 0 Å². The minimum absolute atomic E-state index is 0.0240. The standard InChI is InChI=1S/C23H30N4O2/c1-16(2)20-7-5-6-8-21(20)27(19-11-13-26(14-12-19)18(4)28)23(29)25-22-10-9-17(3)15-24-22/h5-10,15-16,19H,11-14H2,1-4H3,(H,24,25,29). The number of nitrogens with zero attached hydrogens (tertiary/aromatic N) is 3. The second kappa shape index (κ2) is 9.07. The number of carbonyl (C=O) groups excluding carboxylic acids is 2. The molecule has 6 heteroatoms. The second-order valence-electron chi connectivity index (χ2n) is 7.97. The van der Waals surface area contributed by atoms with E-state index in [9.17, 15) is 9.59 Å². The Morgan fingerprint density at radius 1 is 1.14 bits per heavy atom. The van der Waals surface area contributed by atoms with E-state index in [1.807, 2.05) is 47.1 Å². The van der Waals surface area contributed by atoms with Crippen molar-refractivity contribution in [1.29, 1.82) is 0 Å². The fourth-order valence-corrected chi connectivity index (χ4v) is 3.82. The van der Waals surface area contributed by atoms with Gasteiger partial charge in [-0.3, -0.25) is 15.0 Å². The van der Waals surface area contributed by atoms with Gasteiger partial charge in [0.2, 0.25) is 5.91 Å². The highest BCUT2D eigenvalue weighted by Crippen LogP contribution is 2.32. The fraction of sp³-hybridized carbons (Fsp3) is 0.435. The molecule has 2 aromatic rings. The van der Waals surface area contributed by atoms with E-state index in [1.165, 1.54) is 0 Å². The predicted octanol–water partition coefficient (Wildman–Crippen LogP) is 4.56. The molecule has 0 saturated carbocycles. The molecule has 154 valence electrons. The molecule has 1 saturated heterocycles. The smallest absolute Gasteiger partial charge is 0.327 e. The van der Waals surface area contributed by atoms with Gasteiger partial charge in [-0.15, -0.1) is 0 Å². The Labute approximate surface area is 172 Å². The van der Waals surface area contributed by atoms with Crippen LogP contribution < -0.4 is 10.2 Å². The zero-order chi connectivity index (χ0) is 21.0. The molecule has 2 heterocycles. The van der Waals surface area contributed by atoms with Crippen molar-refractivity contribution in [3.8, 4) is 0 Å². The van der Waals surface area contributed by atoms with Gasteiger partial charge >= 0.3 is 6.03 Å². The molecule has 1 aliphatic rings. The number of rotatable bonds is 4. The first-order chi connectivity index (χ1) is 13.9. The SMILES string of the molecule is CC(=O)N1CCC(N(C(=O)Nc2ccc(C)cn2)c2ccccc2C(C)C)CC1. The van der Waals surface area contributed by atoms with Crippen LogP contribution >= 0.6 is 0 Å². The summed E-state index contributed by atoms with van der Waals surface area (Å²) in [5.41, 5.74) is 3.10.